The SMILES string of the molecule is COCC(O)(O)OCc1ccccc1. The predicted molar refractivity (Wildman–Crippen MR) is 50.3 cm³/mol. The Labute approximate surface area is 82.7 Å². The van der Waals surface area contributed by atoms with Crippen LogP contribution in [0.15, 0.2) is 30.3 Å². The Balaban J connectivity index is 2.40. The van der Waals surface area contributed by atoms with E-state index in [1.165, 1.54) is 7.11 Å². The lowest BCUT2D eigenvalue weighted by Crippen LogP contribution is -2.36. The molecule has 0 bridgehead atoms. The summed E-state index contributed by atoms with van der Waals surface area (Å²) in [5, 5.41) is 18.4. The number of ether oxygens (including phenoxy) is 2. The van der Waals surface area contributed by atoms with Gasteiger partial charge in [0.25, 0.3) is 0 Å². The van der Waals surface area contributed by atoms with Crippen LogP contribution in [0.2, 0.25) is 0 Å². The fraction of sp³-hybridized carbons (Fsp3) is 0.400. The lowest BCUT2D eigenvalue weighted by molar-refractivity contribution is -0.358. The second-order valence-corrected chi connectivity index (χ2v) is 2.95. The molecule has 0 atom stereocenters. The standard InChI is InChI=1S/C10H14O4/c1-13-8-10(11,12)14-7-9-5-3-2-4-6-9/h2-6,11-12H,7-8H2,1H3. The van der Waals surface area contributed by atoms with E-state index < -0.39 is 5.97 Å². The van der Waals surface area contributed by atoms with Gasteiger partial charge >= 0.3 is 5.97 Å². The van der Waals surface area contributed by atoms with Crippen LogP contribution in [-0.2, 0) is 16.1 Å². The smallest absolute Gasteiger partial charge is 0.303 e. The first-order valence-corrected chi connectivity index (χ1v) is 4.25. The van der Waals surface area contributed by atoms with Crippen molar-refractivity contribution in [3.05, 3.63) is 35.9 Å². The third-order valence-corrected chi connectivity index (χ3v) is 1.65. The molecular weight excluding hydrogens is 184 g/mol. The van der Waals surface area contributed by atoms with Crippen molar-refractivity contribution in [1.29, 1.82) is 0 Å². The Bertz CT molecular complexity index is 258. The molecule has 0 aliphatic carbocycles. The Morgan fingerprint density at radius 2 is 1.86 bits per heavy atom. The van der Waals surface area contributed by atoms with Crippen molar-refractivity contribution in [3.8, 4) is 0 Å². The number of methoxy groups -OCH3 is 1. The fourth-order valence-electron chi connectivity index (χ4n) is 1.00. The molecule has 4 heteroatoms. The number of aliphatic hydroxyl groups is 2. The molecule has 0 heterocycles. The first-order valence-electron chi connectivity index (χ1n) is 4.25. The average Bonchev–Trinajstić information content (AvgIpc) is 2.17. The van der Waals surface area contributed by atoms with Crippen LogP contribution in [0.4, 0.5) is 0 Å². The molecule has 0 aromatic heterocycles. The number of hydrogen-bond donors (Lipinski definition) is 2. The first-order chi connectivity index (χ1) is 6.64. The maximum Gasteiger partial charge on any atom is 0.303 e. The zero-order chi connectivity index (χ0) is 10.4. The topological polar surface area (TPSA) is 58.9 Å². The van der Waals surface area contributed by atoms with Gasteiger partial charge in [-0.3, -0.25) is 0 Å². The van der Waals surface area contributed by atoms with E-state index in [1.54, 1.807) is 0 Å². The summed E-state index contributed by atoms with van der Waals surface area (Å²) >= 11 is 0. The highest BCUT2D eigenvalue weighted by Gasteiger charge is 2.23. The molecule has 0 radical (unpaired) electrons. The summed E-state index contributed by atoms with van der Waals surface area (Å²) in [5.74, 6) is -2.22. The Morgan fingerprint density at radius 3 is 2.43 bits per heavy atom. The molecule has 0 spiro atoms. The van der Waals surface area contributed by atoms with Crippen LogP contribution in [0.3, 0.4) is 0 Å². The van der Waals surface area contributed by atoms with E-state index in [-0.39, 0.29) is 13.2 Å². The van der Waals surface area contributed by atoms with Crippen LogP contribution < -0.4 is 0 Å². The van der Waals surface area contributed by atoms with Gasteiger partial charge < -0.3 is 19.7 Å². The van der Waals surface area contributed by atoms with E-state index in [2.05, 4.69) is 4.74 Å². The van der Waals surface area contributed by atoms with Crippen molar-refractivity contribution < 1.29 is 19.7 Å². The van der Waals surface area contributed by atoms with Gasteiger partial charge in [-0.25, -0.2) is 0 Å². The molecule has 0 fully saturated rings. The molecule has 1 aromatic rings. The van der Waals surface area contributed by atoms with E-state index in [4.69, 9.17) is 4.74 Å². The summed E-state index contributed by atoms with van der Waals surface area (Å²) in [6.07, 6.45) is 0. The summed E-state index contributed by atoms with van der Waals surface area (Å²) in [7, 11) is 1.37. The van der Waals surface area contributed by atoms with E-state index >= 15 is 0 Å². The number of hydrogen-bond acceptors (Lipinski definition) is 4. The summed E-state index contributed by atoms with van der Waals surface area (Å²) in [6, 6.07) is 9.26. The Morgan fingerprint density at radius 1 is 1.21 bits per heavy atom. The summed E-state index contributed by atoms with van der Waals surface area (Å²) < 4.78 is 9.41. The minimum Gasteiger partial charge on any atom is -0.376 e. The van der Waals surface area contributed by atoms with E-state index in [1.807, 2.05) is 30.3 Å². The van der Waals surface area contributed by atoms with Crippen LogP contribution >= 0.6 is 0 Å². The predicted octanol–water partition coefficient (Wildman–Crippen LogP) is 0.488. The molecule has 4 nitrogen and oxygen atoms in total. The van der Waals surface area contributed by atoms with Gasteiger partial charge in [0.1, 0.15) is 6.61 Å². The van der Waals surface area contributed by atoms with Crippen molar-refractivity contribution in [2.24, 2.45) is 0 Å². The third-order valence-electron chi connectivity index (χ3n) is 1.65. The Kier molecular flexibility index (Phi) is 4.03. The van der Waals surface area contributed by atoms with Crippen molar-refractivity contribution >= 4 is 0 Å². The van der Waals surface area contributed by atoms with Crippen LogP contribution in [0.5, 0.6) is 0 Å². The van der Waals surface area contributed by atoms with Crippen molar-refractivity contribution in [2.45, 2.75) is 12.6 Å². The molecule has 14 heavy (non-hydrogen) atoms. The second-order valence-electron chi connectivity index (χ2n) is 2.95. The molecule has 2 N–H and O–H groups in total. The van der Waals surface area contributed by atoms with E-state index in [0.29, 0.717) is 0 Å². The van der Waals surface area contributed by atoms with Gasteiger partial charge in [-0.2, -0.15) is 0 Å². The normalized spacial score (nSPS) is 11.6. The second kappa shape index (κ2) is 5.07. The Hall–Kier alpha value is -0.940. The highest BCUT2D eigenvalue weighted by molar-refractivity contribution is 5.13. The largest absolute Gasteiger partial charge is 0.376 e. The third kappa shape index (κ3) is 3.85. The van der Waals surface area contributed by atoms with Gasteiger partial charge in [0.15, 0.2) is 0 Å². The summed E-state index contributed by atoms with van der Waals surface area (Å²) in [4.78, 5) is 0. The van der Waals surface area contributed by atoms with Gasteiger partial charge in [-0.15, -0.1) is 0 Å². The van der Waals surface area contributed by atoms with Crippen molar-refractivity contribution in [1.82, 2.24) is 0 Å². The maximum atomic E-state index is 9.18. The lowest BCUT2D eigenvalue weighted by atomic mass is 10.2. The zero-order valence-electron chi connectivity index (χ0n) is 8.01. The van der Waals surface area contributed by atoms with Gasteiger partial charge in [0, 0.05) is 7.11 Å². The van der Waals surface area contributed by atoms with Crippen LogP contribution in [0.1, 0.15) is 5.56 Å². The molecule has 0 aliphatic heterocycles. The molecular formula is C10H14O4. The summed E-state index contributed by atoms with van der Waals surface area (Å²) in [5.41, 5.74) is 0.871. The van der Waals surface area contributed by atoms with Gasteiger partial charge in [-0.05, 0) is 5.56 Å². The number of rotatable bonds is 5. The molecule has 1 rings (SSSR count). The molecule has 0 amide bonds. The first kappa shape index (κ1) is 11.1. The molecule has 0 saturated carbocycles. The quantitative estimate of drug-likeness (QED) is 0.676. The fourth-order valence-corrected chi connectivity index (χ4v) is 1.00. The van der Waals surface area contributed by atoms with E-state index in [0.717, 1.165) is 5.56 Å². The van der Waals surface area contributed by atoms with Crippen LogP contribution in [0.25, 0.3) is 0 Å². The monoisotopic (exact) mass is 198 g/mol. The molecule has 0 unspecified atom stereocenters. The summed E-state index contributed by atoms with van der Waals surface area (Å²) in [6.45, 7) is -0.142. The average molecular weight is 198 g/mol. The van der Waals surface area contributed by atoms with Gasteiger partial charge in [0.2, 0.25) is 0 Å². The van der Waals surface area contributed by atoms with Crippen LogP contribution in [-0.4, -0.2) is 29.9 Å². The number of benzene rings is 1. The van der Waals surface area contributed by atoms with Crippen LogP contribution in [0, 0.1) is 0 Å². The molecule has 0 saturated heterocycles. The van der Waals surface area contributed by atoms with E-state index in [9.17, 15) is 10.2 Å². The van der Waals surface area contributed by atoms with Gasteiger partial charge in [-0.1, -0.05) is 30.3 Å². The minimum atomic E-state index is -2.22. The van der Waals surface area contributed by atoms with Gasteiger partial charge in [0.05, 0.1) is 6.61 Å². The van der Waals surface area contributed by atoms with Crippen molar-refractivity contribution in [3.63, 3.8) is 0 Å². The highest BCUT2D eigenvalue weighted by atomic mass is 16.8. The lowest BCUT2D eigenvalue weighted by Gasteiger charge is -2.20. The molecule has 78 valence electrons. The highest BCUT2D eigenvalue weighted by Crippen LogP contribution is 2.08. The molecule has 0 aliphatic rings. The molecule has 1 aromatic carbocycles. The zero-order valence-corrected chi connectivity index (χ0v) is 8.01. The van der Waals surface area contributed by atoms with Crippen molar-refractivity contribution in [2.75, 3.05) is 13.7 Å². The minimum absolute atomic E-state index is 0.136. The maximum absolute atomic E-state index is 9.18.